The number of aromatic nitrogens is 3. The first-order chi connectivity index (χ1) is 12.4. The van der Waals surface area contributed by atoms with Gasteiger partial charge < -0.3 is 9.32 Å². The minimum atomic E-state index is -4.45. The summed E-state index contributed by atoms with van der Waals surface area (Å²) in [6, 6.07) is 0.925. The maximum Gasteiger partial charge on any atom is 0.417 e. The van der Waals surface area contributed by atoms with Crippen LogP contribution in [0.3, 0.4) is 0 Å². The van der Waals surface area contributed by atoms with Crippen LogP contribution in [-0.2, 0) is 12.7 Å². The van der Waals surface area contributed by atoms with Gasteiger partial charge in [-0.2, -0.15) is 13.2 Å². The monoisotopic (exact) mass is 387 g/mol. The topological polar surface area (TPSA) is 58.3 Å². The second-order valence-corrected chi connectivity index (χ2v) is 7.01. The summed E-state index contributed by atoms with van der Waals surface area (Å²) in [5.74, 6) is 2.14. The van der Waals surface area contributed by atoms with Crippen molar-refractivity contribution in [2.75, 3.05) is 31.1 Å². The molecule has 2 aromatic rings. The number of hydrogen-bond donors (Lipinski definition) is 0. The second-order valence-electron chi connectivity index (χ2n) is 6.60. The molecule has 140 valence electrons. The van der Waals surface area contributed by atoms with Crippen LogP contribution < -0.4 is 4.90 Å². The van der Waals surface area contributed by atoms with Gasteiger partial charge in [-0.25, -0.2) is 4.98 Å². The van der Waals surface area contributed by atoms with Crippen LogP contribution in [0.4, 0.5) is 19.0 Å². The van der Waals surface area contributed by atoms with E-state index in [1.54, 1.807) is 0 Å². The Balaban J connectivity index is 1.35. The molecular weight excluding hydrogens is 371 g/mol. The standard InChI is InChI=1S/C16H17ClF3N5O/c17-12-7-11(16(18,19)20)8-21-14(12)25-5-3-24(4-6-25)9-13-22-23-15(26-13)10-1-2-10/h7-8,10H,1-6,9H2. The van der Waals surface area contributed by atoms with E-state index in [1.165, 1.54) is 0 Å². The van der Waals surface area contributed by atoms with E-state index in [-0.39, 0.29) is 5.02 Å². The molecule has 2 aliphatic rings. The zero-order valence-electron chi connectivity index (χ0n) is 13.8. The third-order valence-corrected chi connectivity index (χ3v) is 4.87. The van der Waals surface area contributed by atoms with Crippen molar-refractivity contribution in [3.63, 3.8) is 0 Å². The fourth-order valence-corrected chi connectivity index (χ4v) is 3.24. The molecule has 26 heavy (non-hydrogen) atoms. The summed E-state index contributed by atoms with van der Waals surface area (Å²) in [6.45, 7) is 3.21. The van der Waals surface area contributed by atoms with Gasteiger partial charge in [-0.3, -0.25) is 4.90 Å². The van der Waals surface area contributed by atoms with Crippen molar-refractivity contribution < 1.29 is 17.6 Å². The number of piperazine rings is 1. The summed E-state index contributed by atoms with van der Waals surface area (Å²) in [4.78, 5) is 7.98. The first-order valence-electron chi connectivity index (χ1n) is 8.42. The van der Waals surface area contributed by atoms with Crippen LogP contribution in [-0.4, -0.2) is 46.3 Å². The number of rotatable bonds is 4. The summed E-state index contributed by atoms with van der Waals surface area (Å²) in [5, 5.41) is 8.17. The molecule has 2 aromatic heterocycles. The van der Waals surface area contributed by atoms with Gasteiger partial charge >= 0.3 is 6.18 Å². The minimum Gasteiger partial charge on any atom is -0.424 e. The molecule has 6 nitrogen and oxygen atoms in total. The number of anilines is 1. The third kappa shape index (κ3) is 3.78. The van der Waals surface area contributed by atoms with Gasteiger partial charge in [-0.1, -0.05) is 11.6 Å². The van der Waals surface area contributed by atoms with Crippen LogP contribution in [0.1, 0.15) is 36.1 Å². The smallest absolute Gasteiger partial charge is 0.417 e. The molecule has 0 radical (unpaired) electrons. The predicted molar refractivity (Wildman–Crippen MR) is 88.0 cm³/mol. The van der Waals surface area contributed by atoms with Gasteiger partial charge in [0.1, 0.15) is 5.82 Å². The Morgan fingerprint density at radius 2 is 1.88 bits per heavy atom. The van der Waals surface area contributed by atoms with E-state index in [1.807, 2.05) is 4.90 Å². The van der Waals surface area contributed by atoms with Crippen LogP contribution in [0.25, 0.3) is 0 Å². The molecule has 2 fully saturated rings. The first kappa shape index (κ1) is 17.5. The number of hydrogen-bond acceptors (Lipinski definition) is 6. The SMILES string of the molecule is FC(F)(F)c1cnc(N2CCN(Cc3nnc(C4CC4)o3)CC2)c(Cl)c1. The maximum absolute atomic E-state index is 12.7. The van der Waals surface area contributed by atoms with Crippen molar-refractivity contribution in [2.45, 2.75) is 31.5 Å². The Labute approximate surface area is 153 Å². The van der Waals surface area contributed by atoms with Gasteiger partial charge in [0.25, 0.3) is 0 Å². The lowest BCUT2D eigenvalue weighted by atomic mass is 10.2. The van der Waals surface area contributed by atoms with E-state index in [0.29, 0.717) is 50.4 Å². The molecule has 1 aliphatic heterocycles. The molecule has 10 heteroatoms. The van der Waals surface area contributed by atoms with Crippen LogP contribution in [0.5, 0.6) is 0 Å². The highest BCUT2D eigenvalue weighted by atomic mass is 35.5. The molecular formula is C16H17ClF3N5O. The molecule has 1 aliphatic carbocycles. The van der Waals surface area contributed by atoms with Gasteiger partial charge in [-0.15, -0.1) is 10.2 Å². The number of alkyl halides is 3. The van der Waals surface area contributed by atoms with E-state index in [9.17, 15) is 13.2 Å². The molecule has 3 heterocycles. The zero-order chi connectivity index (χ0) is 18.3. The lowest BCUT2D eigenvalue weighted by Gasteiger charge is -2.35. The molecule has 0 aromatic carbocycles. The van der Waals surface area contributed by atoms with E-state index in [4.69, 9.17) is 16.0 Å². The van der Waals surface area contributed by atoms with E-state index in [2.05, 4.69) is 20.1 Å². The van der Waals surface area contributed by atoms with Gasteiger partial charge in [0, 0.05) is 38.3 Å². The van der Waals surface area contributed by atoms with Gasteiger partial charge in [0.05, 0.1) is 17.1 Å². The molecule has 0 N–H and O–H groups in total. The number of halogens is 4. The van der Waals surface area contributed by atoms with Crippen molar-refractivity contribution in [3.05, 3.63) is 34.6 Å². The largest absolute Gasteiger partial charge is 0.424 e. The first-order valence-corrected chi connectivity index (χ1v) is 8.80. The second kappa shape index (κ2) is 6.70. The molecule has 0 unspecified atom stereocenters. The lowest BCUT2D eigenvalue weighted by Crippen LogP contribution is -2.46. The number of nitrogens with zero attached hydrogens (tertiary/aromatic N) is 5. The highest BCUT2D eigenvalue weighted by Crippen LogP contribution is 2.39. The minimum absolute atomic E-state index is 0.0132. The Morgan fingerprint density at radius 1 is 1.15 bits per heavy atom. The van der Waals surface area contributed by atoms with Crippen LogP contribution >= 0.6 is 11.6 Å². The zero-order valence-corrected chi connectivity index (χ0v) is 14.6. The average Bonchev–Trinajstić information content (AvgIpc) is 3.35. The predicted octanol–water partition coefficient (Wildman–Crippen LogP) is 3.34. The molecule has 1 saturated heterocycles. The van der Waals surface area contributed by atoms with E-state index < -0.39 is 11.7 Å². The van der Waals surface area contributed by atoms with Gasteiger partial charge in [0.15, 0.2) is 0 Å². The Hall–Kier alpha value is -1.87. The highest BCUT2D eigenvalue weighted by Gasteiger charge is 2.33. The fraction of sp³-hybridized carbons (Fsp3) is 0.562. The molecule has 1 saturated carbocycles. The maximum atomic E-state index is 12.7. The number of pyridine rings is 1. The van der Waals surface area contributed by atoms with E-state index in [0.717, 1.165) is 31.0 Å². The average molecular weight is 388 g/mol. The van der Waals surface area contributed by atoms with Crippen LogP contribution in [0.15, 0.2) is 16.7 Å². The molecule has 0 spiro atoms. The molecule has 0 atom stereocenters. The Bertz CT molecular complexity index is 784. The summed E-state index contributed by atoms with van der Waals surface area (Å²) in [6.07, 6.45) is -1.40. The molecule has 0 bridgehead atoms. The fourth-order valence-electron chi connectivity index (χ4n) is 2.95. The summed E-state index contributed by atoms with van der Waals surface area (Å²) >= 11 is 6.02. The highest BCUT2D eigenvalue weighted by molar-refractivity contribution is 6.33. The molecule has 0 amide bonds. The van der Waals surface area contributed by atoms with Crippen molar-refractivity contribution in [2.24, 2.45) is 0 Å². The van der Waals surface area contributed by atoms with Gasteiger partial charge in [-0.05, 0) is 18.9 Å². The quantitative estimate of drug-likeness (QED) is 0.802. The van der Waals surface area contributed by atoms with Crippen molar-refractivity contribution >= 4 is 17.4 Å². The van der Waals surface area contributed by atoms with E-state index >= 15 is 0 Å². The van der Waals surface area contributed by atoms with Crippen molar-refractivity contribution in [3.8, 4) is 0 Å². The van der Waals surface area contributed by atoms with Crippen molar-refractivity contribution in [1.29, 1.82) is 0 Å². The third-order valence-electron chi connectivity index (χ3n) is 4.59. The van der Waals surface area contributed by atoms with Crippen molar-refractivity contribution in [1.82, 2.24) is 20.1 Å². The summed E-state index contributed by atoms with van der Waals surface area (Å²) in [7, 11) is 0. The summed E-state index contributed by atoms with van der Waals surface area (Å²) < 4.78 is 43.8. The van der Waals surface area contributed by atoms with Crippen LogP contribution in [0, 0.1) is 0 Å². The van der Waals surface area contributed by atoms with Crippen LogP contribution in [0.2, 0.25) is 5.02 Å². The summed E-state index contributed by atoms with van der Waals surface area (Å²) in [5.41, 5.74) is -0.840. The van der Waals surface area contributed by atoms with Gasteiger partial charge in [0.2, 0.25) is 11.8 Å². The Morgan fingerprint density at radius 3 is 2.50 bits per heavy atom. The normalized spacial score (nSPS) is 19.2. The lowest BCUT2D eigenvalue weighted by molar-refractivity contribution is -0.137. The molecule has 4 rings (SSSR count). The Kier molecular flexibility index (Phi) is 4.52.